The Morgan fingerprint density at radius 1 is 1.32 bits per heavy atom. The van der Waals surface area contributed by atoms with Crippen molar-refractivity contribution < 1.29 is 19.1 Å². The fourth-order valence-electron chi connectivity index (χ4n) is 2.12. The quantitative estimate of drug-likeness (QED) is 0.687. The number of furan rings is 1. The minimum absolute atomic E-state index is 0.153. The van der Waals surface area contributed by atoms with Gasteiger partial charge in [-0.05, 0) is 32.8 Å². The van der Waals surface area contributed by atoms with Gasteiger partial charge in [0.25, 0.3) is 0 Å². The molecular weight excluding hydrogens is 284 g/mol. The van der Waals surface area contributed by atoms with Crippen molar-refractivity contribution in [1.29, 1.82) is 0 Å². The molecule has 2 unspecified atom stereocenters. The van der Waals surface area contributed by atoms with Gasteiger partial charge in [0, 0.05) is 18.7 Å². The van der Waals surface area contributed by atoms with Crippen LogP contribution in [0.15, 0.2) is 10.5 Å². The minimum Gasteiger partial charge on any atom is -0.466 e. The zero-order valence-corrected chi connectivity index (χ0v) is 14.1. The summed E-state index contributed by atoms with van der Waals surface area (Å²) in [4.78, 5) is 11.8. The third-order valence-corrected chi connectivity index (χ3v) is 3.15. The maximum atomic E-state index is 11.8. The van der Waals surface area contributed by atoms with Crippen LogP contribution in [-0.2, 0) is 4.74 Å². The number of carbonyl (C=O) groups excluding carboxylic acids is 1. The Morgan fingerprint density at radius 3 is 2.55 bits per heavy atom. The van der Waals surface area contributed by atoms with Gasteiger partial charge in [-0.1, -0.05) is 13.8 Å². The number of amides is 2. The fourth-order valence-corrected chi connectivity index (χ4v) is 2.12. The summed E-state index contributed by atoms with van der Waals surface area (Å²) in [6, 6.07) is 1.43. The van der Waals surface area contributed by atoms with Gasteiger partial charge in [-0.15, -0.1) is 0 Å². The van der Waals surface area contributed by atoms with Crippen molar-refractivity contribution >= 4 is 6.03 Å². The summed E-state index contributed by atoms with van der Waals surface area (Å²) in [5.41, 5.74) is 0.952. The number of aliphatic hydroxyl groups excluding tert-OH is 1. The molecule has 0 bridgehead atoms. The van der Waals surface area contributed by atoms with Gasteiger partial charge in [-0.25, -0.2) is 4.79 Å². The maximum Gasteiger partial charge on any atom is 0.315 e. The largest absolute Gasteiger partial charge is 0.466 e. The zero-order chi connectivity index (χ0) is 16.7. The van der Waals surface area contributed by atoms with Gasteiger partial charge in [0.05, 0.1) is 18.8 Å². The molecule has 0 aliphatic rings. The highest BCUT2D eigenvalue weighted by molar-refractivity contribution is 5.74. The van der Waals surface area contributed by atoms with Gasteiger partial charge in [-0.2, -0.15) is 0 Å². The Morgan fingerprint density at radius 2 is 2.00 bits per heavy atom. The molecular formula is C16H28N2O4. The molecule has 1 aromatic heterocycles. The van der Waals surface area contributed by atoms with Crippen molar-refractivity contribution in [2.75, 3.05) is 19.8 Å². The third kappa shape index (κ3) is 6.49. The van der Waals surface area contributed by atoms with Crippen LogP contribution in [0.1, 0.15) is 43.9 Å². The van der Waals surface area contributed by atoms with Gasteiger partial charge in [0.15, 0.2) is 0 Å². The first kappa shape index (κ1) is 18.5. The van der Waals surface area contributed by atoms with E-state index in [9.17, 15) is 9.90 Å². The summed E-state index contributed by atoms with van der Waals surface area (Å²) in [6.07, 6.45) is -0.710. The standard InChI is InChI=1S/C16H28N2O4/c1-10(2)8-21-9-14(19)7-17-16(20)18-12(4)15-6-11(3)22-13(15)5/h6,10,12,14,19H,7-9H2,1-5H3,(H2,17,18,20). The average molecular weight is 312 g/mol. The normalized spacial score (nSPS) is 14.0. The molecule has 0 spiro atoms. The van der Waals surface area contributed by atoms with Crippen LogP contribution in [0.2, 0.25) is 0 Å². The molecule has 0 saturated heterocycles. The van der Waals surface area contributed by atoms with Crippen LogP contribution in [0.5, 0.6) is 0 Å². The number of aliphatic hydroxyl groups is 1. The van der Waals surface area contributed by atoms with E-state index in [1.165, 1.54) is 0 Å². The smallest absolute Gasteiger partial charge is 0.315 e. The van der Waals surface area contributed by atoms with Crippen molar-refractivity contribution in [2.24, 2.45) is 5.92 Å². The minimum atomic E-state index is -0.710. The molecule has 3 N–H and O–H groups in total. The lowest BCUT2D eigenvalue weighted by Crippen LogP contribution is -2.42. The van der Waals surface area contributed by atoms with E-state index < -0.39 is 6.10 Å². The van der Waals surface area contributed by atoms with Gasteiger partial charge in [0.1, 0.15) is 11.5 Å². The van der Waals surface area contributed by atoms with E-state index in [1.807, 2.05) is 40.7 Å². The number of hydrogen-bond acceptors (Lipinski definition) is 4. The molecule has 0 aliphatic carbocycles. The number of rotatable bonds is 8. The Balaban J connectivity index is 2.29. The molecule has 2 atom stereocenters. The second-order valence-electron chi connectivity index (χ2n) is 6.03. The zero-order valence-electron chi connectivity index (χ0n) is 14.1. The molecule has 6 heteroatoms. The Kier molecular flexibility index (Phi) is 7.41. The van der Waals surface area contributed by atoms with Crippen molar-refractivity contribution in [3.05, 3.63) is 23.2 Å². The Labute approximate surface area is 132 Å². The first-order valence-electron chi connectivity index (χ1n) is 7.66. The molecule has 1 rings (SSSR count). The van der Waals surface area contributed by atoms with Gasteiger partial charge in [0.2, 0.25) is 0 Å². The monoisotopic (exact) mass is 312 g/mol. The molecule has 0 aromatic carbocycles. The lowest BCUT2D eigenvalue weighted by atomic mass is 10.1. The maximum absolute atomic E-state index is 11.8. The molecule has 0 fully saturated rings. The predicted octanol–water partition coefficient (Wildman–Crippen LogP) is 2.29. The second kappa shape index (κ2) is 8.80. The van der Waals surface area contributed by atoms with Gasteiger partial charge < -0.3 is 24.9 Å². The number of aryl methyl sites for hydroxylation is 2. The molecule has 1 heterocycles. The summed E-state index contributed by atoms with van der Waals surface area (Å²) in [5.74, 6) is 2.04. The Hall–Kier alpha value is -1.53. The van der Waals surface area contributed by atoms with Crippen molar-refractivity contribution in [3.63, 3.8) is 0 Å². The highest BCUT2D eigenvalue weighted by atomic mass is 16.5. The highest BCUT2D eigenvalue weighted by Crippen LogP contribution is 2.20. The van der Waals surface area contributed by atoms with Crippen LogP contribution < -0.4 is 10.6 Å². The second-order valence-corrected chi connectivity index (χ2v) is 6.03. The predicted molar refractivity (Wildman–Crippen MR) is 84.8 cm³/mol. The first-order chi connectivity index (χ1) is 10.3. The van der Waals surface area contributed by atoms with E-state index in [1.54, 1.807) is 0 Å². The number of hydrogen-bond donors (Lipinski definition) is 3. The molecule has 0 saturated carbocycles. The van der Waals surface area contributed by atoms with Crippen LogP contribution in [0.25, 0.3) is 0 Å². The lowest BCUT2D eigenvalue weighted by molar-refractivity contribution is 0.0272. The molecule has 22 heavy (non-hydrogen) atoms. The fraction of sp³-hybridized carbons (Fsp3) is 0.688. The van der Waals surface area contributed by atoms with E-state index in [0.717, 1.165) is 17.1 Å². The van der Waals surface area contributed by atoms with Crippen molar-refractivity contribution in [3.8, 4) is 0 Å². The summed E-state index contributed by atoms with van der Waals surface area (Å²) in [6.45, 7) is 10.7. The highest BCUT2D eigenvalue weighted by Gasteiger charge is 2.15. The molecule has 0 aliphatic heterocycles. The van der Waals surface area contributed by atoms with E-state index in [-0.39, 0.29) is 25.2 Å². The summed E-state index contributed by atoms with van der Waals surface area (Å²) in [5, 5.41) is 15.2. The van der Waals surface area contributed by atoms with Crippen LogP contribution in [0.4, 0.5) is 4.79 Å². The molecule has 126 valence electrons. The summed E-state index contributed by atoms with van der Waals surface area (Å²) in [7, 11) is 0. The van der Waals surface area contributed by atoms with Crippen LogP contribution in [-0.4, -0.2) is 37.0 Å². The van der Waals surface area contributed by atoms with Crippen LogP contribution >= 0.6 is 0 Å². The lowest BCUT2D eigenvalue weighted by Gasteiger charge is -2.16. The molecule has 6 nitrogen and oxygen atoms in total. The van der Waals surface area contributed by atoms with E-state index in [4.69, 9.17) is 9.15 Å². The first-order valence-corrected chi connectivity index (χ1v) is 7.66. The average Bonchev–Trinajstić information content (AvgIpc) is 2.75. The van der Waals surface area contributed by atoms with Gasteiger partial charge >= 0.3 is 6.03 Å². The van der Waals surface area contributed by atoms with Crippen LogP contribution in [0, 0.1) is 19.8 Å². The van der Waals surface area contributed by atoms with Crippen LogP contribution in [0.3, 0.4) is 0 Å². The topological polar surface area (TPSA) is 83.7 Å². The number of ether oxygens (including phenoxy) is 1. The number of nitrogens with one attached hydrogen (secondary N) is 2. The Bertz CT molecular complexity index is 471. The number of carbonyl (C=O) groups is 1. The van der Waals surface area contributed by atoms with E-state index in [2.05, 4.69) is 10.6 Å². The van der Waals surface area contributed by atoms with Crippen molar-refractivity contribution in [2.45, 2.75) is 46.8 Å². The number of urea groups is 1. The SMILES string of the molecule is Cc1cc(C(C)NC(=O)NCC(O)COCC(C)C)c(C)o1. The third-order valence-electron chi connectivity index (χ3n) is 3.15. The molecule has 1 aromatic rings. The molecule has 0 radical (unpaired) electrons. The molecule has 2 amide bonds. The van der Waals surface area contributed by atoms with Gasteiger partial charge in [-0.3, -0.25) is 0 Å². The summed E-state index contributed by atoms with van der Waals surface area (Å²) >= 11 is 0. The van der Waals surface area contributed by atoms with E-state index >= 15 is 0 Å². The summed E-state index contributed by atoms with van der Waals surface area (Å²) < 4.78 is 10.8. The van der Waals surface area contributed by atoms with Crippen molar-refractivity contribution in [1.82, 2.24) is 10.6 Å². The van der Waals surface area contributed by atoms with E-state index in [0.29, 0.717) is 12.5 Å².